The molecule has 170 valence electrons. The van der Waals surface area contributed by atoms with Crippen LogP contribution in [0.2, 0.25) is 0 Å². The molecule has 10 heteroatoms. The molecule has 0 radical (unpaired) electrons. The van der Waals surface area contributed by atoms with E-state index in [1.54, 1.807) is 11.9 Å². The van der Waals surface area contributed by atoms with Crippen molar-refractivity contribution in [2.45, 2.75) is 58.0 Å². The number of benzene rings is 1. The van der Waals surface area contributed by atoms with Gasteiger partial charge in [0.1, 0.15) is 5.60 Å². The molecule has 2 heterocycles. The highest BCUT2D eigenvalue weighted by Crippen LogP contribution is 2.30. The molecule has 0 N–H and O–H groups in total. The van der Waals surface area contributed by atoms with Crippen LogP contribution in [0.4, 0.5) is 18.0 Å². The third-order valence-corrected chi connectivity index (χ3v) is 5.08. The van der Waals surface area contributed by atoms with Crippen molar-refractivity contribution in [2.75, 3.05) is 20.1 Å². The molecule has 1 aliphatic rings. The summed E-state index contributed by atoms with van der Waals surface area (Å²) in [5.74, 6) is 0.650. The van der Waals surface area contributed by atoms with Gasteiger partial charge in [-0.25, -0.2) is 4.79 Å². The number of carbonyl (C=O) groups is 1. The van der Waals surface area contributed by atoms with Gasteiger partial charge in [0.05, 0.1) is 12.1 Å². The van der Waals surface area contributed by atoms with Crippen molar-refractivity contribution in [1.29, 1.82) is 0 Å². The molecule has 1 aliphatic heterocycles. The first-order valence-corrected chi connectivity index (χ1v) is 10.1. The molecule has 0 spiro atoms. The molecule has 0 atom stereocenters. The highest BCUT2D eigenvalue weighted by atomic mass is 19.4. The number of carbonyl (C=O) groups excluding carboxylic acids is 1. The summed E-state index contributed by atoms with van der Waals surface area (Å²) in [6, 6.07) is 4.75. The van der Waals surface area contributed by atoms with Crippen molar-refractivity contribution in [1.82, 2.24) is 19.9 Å². The number of piperidine rings is 1. The summed E-state index contributed by atoms with van der Waals surface area (Å²) in [6.07, 6.45) is -3.14. The molecule has 1 fully saturated rings. The Labute approximate surface area is 179 Å². The highest BCUT2D eigenvalue weighted by Gasteiger charge is 2.31. The van der Waals surface area contributed by atoms with Crippen molar-refractivity contribution in [2.24, 2.45) is 0 Å². The van der Waals surface area contributed by atoms with E-state index in [-0.39, 0.29) is 18.0 Å². The fourth-order valence-corrected chi connectivity index (χ4v) is 3.38. The maximum atomic E-state index is 12.7. The zero-order chi connectivity index (χ0) is 22.8. The molecule has 1 saturated heterocycles. The van der Waals surface area contributed by atoms with Crippen LogP contribution in [-0.4, -0.2) is 57.8 Å². The number of nitrogens with zero attached hydrogens (tertiary/aromatic N) is 4. The third kappa shape index (κ3) is 6.19. The molecule has 0 unspecified atom stereocenters. The van der Waals surface area contributed by atoms with Crippen LogP contribution in [0.25, 0.3) is 11.4 Å². The molecule has 0 saturated carbocycles. The van der Waals surface area contributed by atoms with Crippen LogP contribution in [0.5, 0.6) is 0 Å². The fraction of sp³-hybridized carbons (Fsp3) is 0.571. The molecule has 0 aliphatic carbocycles. The van der Waals surface area contributed by atoms with Gasteiger partial charge in [0.2, 0.25) is 11.7 Å². The number of likely N-dealkylation sites (tertiary alicyclic amines) is 1. The minimum absolute atomic E-state index is 0.0940. The van der Waals surface area contributed by atoms with Gasteiger partial charge < -0.3 is 14.2 Å². The van der Waals surface area contributed by atoms with Gasteiger partial charge >= 0.3 is 12.3 Å². The largest absolute Gasteiger partial charge is 0.444 e. The summed E-state index contributed by atoms with van der Waals surface area (Å²) < 4.78 is 48.8. The Morgan fingerprint density at radius 1 is 1.19 bits per heavy atom. The Kier molecular flexibility index (Phi) is 6.59. The maximum Gasteiger partial charge on any atom is 0.416 e. The maximum absolute atomic E-state index is 12.7. The minimum Gasteiger partial charge on any atom is -0.444 e. The van der Waals surface area contributed by atoms with E-state index in [1.165, 1.54) is 12.1 Å². The van der Waals surface area contributed by atoms with E-state index in [1.807, 2.05) is 20.8 Å². The normalized spacial score (nSPS) is 16.4. The van der Waals surface area contributed by atoms with Crippen LogP contribution in [-0.2, 0) is 17.5 Å². The summed E-state index contributed by atoms with van der Waals surface area (Å²) >= 11 is 0. The first-order valence-electron chi connectivity index (χ1n) is 10.1. The van der Waals surface area contributed by atoms with E-state index in [0.29, 0.717) is 18.0 Å². The molecular weight excluding hydrogens is 413 g/mol. The average Bonchev–Trinajstić information content (AvgIpc) is 3.14. The molecule has 1 aromatic carbocycles. The lowest BCUT2D eigenvalue weighted by Gasteiger charge is -2.36. The fourth-order valence-electron chi connectivity index (χ4n) is 3.38. The Morgan fingerprint density at radius 3 is 2.35 bits per heavy atom. The number of alkyl halides is 3. The molecule has 1 amide bonds. The zero-order valence-corrected chi connectivity index (χ0v) is 18.1. The molecule has 2 aromatic rings. The smallest absolute Gasteiger partial charge is 0.416 e. The van der Waals surface area contributed by atoms with E-state index < -0.39 is 17.3 Å². The second-order valence-corrected chi connectivity index (χ2v) is 8.69. The van der Waals surface area contributed by atoms with E-state index in [0.717, 1.165) is 38.1 Å². The van der Waals surface area contributed by atoms with Crippen molar-refractivity contribution in [3.63, 3.8) is 0 Å². The number of hydrogen-bond donors (Lipinski definition) is 0. The van der Waals surface area contributed by atoms with Gasteiger partial charge in [0.25, 0.3) is 0 Å². The predicted molar refractivity (Wildman–Crippen MR) is 107 cm³/mol. The zero-order valence-electron chi connectivity index (χ0n) is 18.1. The van der Waals surface area contributed by atoms with Crippen molar-refractivity contribution >= 4 is 6.09 Å². The quantitative estimate of drug-likeness (QED) is 0.693. The summed E-state index contributed by atoms with van der Waals surface area (Å²) in [6.45, 7) is 7.45. The number of hydrogen-bond acceptors (Lipinski definition) is 6. The van der Waals surface area contributed by atoms with E-state index in [9.17, 15) is 18.0 Å². The molecule has 7 nitrogen and oxygen atoms in total. The van der Waals surface area contributed by atoms with E-state index >= 15 is 0 Å². The SMILES string of the molecule is CN(C(=O)OC(C)(C)C)C1CCN(Cc2nc(-c3ccc(C(F)(F)F)cc3)no2)CC1. The number of amides is 1. The van der Waals surface area contributed by atoms with Crippen LogP contribution in [0.15, 0.2) is 28.8 Å². The number of ether oxygens (including phenoxy) is 1. The topological polar surface area (TPSA) is 71.7 Å². The monoisotopic (exact) mass is 440 g/mol. The Morgan fingerprint density at radius 2 is 1.81 bits per heavy atom. The number of aromatic nitrogens is 2. The van der Waals surface area contributed by atoms with Crippen molar-refractivity contribution in [3.05, 3.63) is 35.7 Å². The first-order chi connectivity index (χ1) is 14.4. The van der Waals surface area contributed by atoms with E-state index in [2.05, 4.69) is 15.0 Å². The lowest BCUT2D eigenvalue weighted by atomic mass is 10.0. The Balaban J connectivity index is 1.53. The highest BCUT2D eigenvalue weighted by molar-refractivity contribution is 5.68. The molecule has 0 bridgehead atoms. The summed E-state index contributed by atoms with van der Waals surface area (Å²) in [7, 11) is 1.75. The predicted octanol–water partition coefficient (Wildman–Crippen LogP) is 4.59. The first kappa shape index (κ1) is 23.1. The second kappa shape index (κ2) is 8.86. The lowest BCUT2D eigenvalue weighted by molar-refractivity contribution is -0.137. The van der Waals surface area contributed by atoms with Crippen LogP contribution in [0.1, 0.15) is 45.1 Å². The van der Waals surface area contributed by atoms with Crippen LogP contribution >= 0.6 is 0 Å². The standard InChI is InChI=1S/C21H27F3N4O3/c1-20(2,3)30-19(29)27(4)16-9-11-28(12-10-16)13-17-25-18(26-31-17)14-5-7-15(8-6-14)21(22,23)24/h5-8,16H,9-13H2,1-4H3. The van der Waals surface area contributed by atoms with Crippen molar-refractivity contribution in [3.8, 4) is 11.4 Å². The molecule has 3 rings (SSSR count). The van der Waals surface area contributed by atoms with Gasteiger partial charge in [0.15, 0.2) is 0 Å². The van der Waals surface area contributed by atoms with E-state index in [4.69, 9.17) is 9.26 Å². The third-order valence-electron chi connectivity index (χ3n) is 5.08. The lowest BCUT2D eigenvalue weighted by Crippen LogP contribution is -2.46. The van der Waals surface area contributed by atoms with Gasteiger partial charge in [-0.2, -0.15) is 18.2 Å². The molecule has 31 heavy (non-hydrogen) atoms. The summed E-state index contributed by atoms with van der Waals surface area (Å²) in [4.78, 5) is 20.3. The molecular formula is C21H27F3N4O3. The van der Waals surface area contributed by atoms with Crippen molar-refractivity contribution < 1.29 is 27.2 Å². The van der Waals surface area contributed by atoms with Gasteiger partial charge in [-0.15, -0.1) is 0 Å². The summed E-state index contributed by atoms with van der Waals surface area (Å²) in [5.41, 5.74) is -0.797. The average molecular weight is 440 g/mol. The number of rotatable bonds is 4. The van der Waals surface area contributed by atoms with Gasteiger partial charge in [-0.3, -0.25) is 4.90 Å². The van der Waals surface area contributed by atoms with Gasteiger partial charge in [0, 0.05) is 31.7 Å². The number of halogens is 3. The molecule has 1 aromatic heterocycles. The Hall–Kier alpha value is -2.62. The van der Waals surface area contributed by atoms with Crippen LogP contribution in [0, 0.1) is 0 Å². The minimum atomic E-state index is -4.38. The summed E-state index contributed by atoms with van der Waals surface area (Å²) in [5, 5.41) is 3.88. The van der Waals surface area contributed by atoms with Crippen LogP contribution < -0.4 is 0 Å². The van der Waals surface area contributed by atoms with Crippen LogP contribution in [0.3, 0.4) is 0 Å². The Bertz CT molecular complexity index is 883. The van der Waals surface area contributed by atoms with Gasteiger partial charge in [-0.1, -0.05) is 17.3 Å². The van der Waals surface area contributed by atoms with Gasteiger partial charge in [-0.05, 0) is 45.7 Å². The second-order valence-electron chi connectivity index (χ2n) is 8.69.